The summed E-state index contributed by atoms with van der Waals surface area (Å²) in [6, 6.07) is 3.06. The summed E-state index contributed by atoms with van der Waals surface area (Å²) in [5, 5.41) is 0. The first-order chi connectivity index (χ1) is 9.16. The zero-order valence-electron chi connectivity index (χ0n) is 11.0. The fourth-order valence-corrected chi connectivity index (χ4v) is 2.70. The van der Waals surface area contributed by atoms with Crippen LogP contribution in [0.1, 0.15) is 31.2 Å². The van der Waals surface area contributed by atoms with Crippen molar-refractivity contribution < 1.29 is 18.7 Å². The molecule has 0 aliphatic heterocycles. The number of rotatable bonds is 4. The van der Waals surface area contributed by atoms with Crippen molar-refractivity contribution in [1.82, 2.24) is 0 Å². The van der Waals surface area contributed by atoms with Crippen molar-refractivity contribution in [3.05, 3.63) is 23.5 Å². The first kappa shape index (κ1) is 13.6. The summed E-state index contributed by atoms with van der Waals surface area (Å²) in [5.74, 6) is -0.136. The lowest BCUT2D eigenvalue weighted by Gasteiger charge is -2.24. The van der Waals surface area contributed by atoms with Crippen LogP contribution < -0.4 is 9.47 Å². The van der Waals surface area contributed by atoms with Crippen LogP contribution in [0.2, 0.25) is 0 Å². The van der Waals surface area contributed by atoms with Crippen LogP contribution in [0.25, 0.3) is 0 Å². The molecule has 102 valence electrons. The molecule has 0 saturated heterocycles. The highest BCUT2D eigenvalue weighted by Crippen LogP contribution is 2.45. The van der Waals surface area contributed by atoms with Crippen LogP contribution in [0.5, 0.6) is 11.5 Å². The molecule has 1 saturated carbocycles. The van der Waals surface area contributed by atoms with Crippen molar-refractivity contribution >= 4 is 6.08 Å². The fourth-order valence-electron chi connectivity index (χ4n) is 2.70. The number of isocyanates is 1. The van der Waals surface area contributed by atoms with Gasteiger partial charge < -0.3 is 9.47 Å². The van der Waals surface area contributed by atoms with Crippen LogP contribution >= 0.6 is 0 Å². The summed E-state index contributed by atoms with van der Waals surface area (Å²) in [6.07, 6.45) is 4.97. The lowest BCUT2D eigenvalue weighted by Crippen LogP contribution is -2.19. The van der Waals surface area contributed by atoms with E-state index in [1.807, 2.05) is 0 Å². The molecule has 1 aliphatic rings. The lowest BCUT2D eigenvalue weighted by molar-refractivity contribution is 0.334. The SMILES string of the molecule is COc1cc(C2(N=C=O)CCCC2)cc(F)c1OC. The van der Waals surface area contributed by atoms with E-state index in [-0.39, 0.29) is 5.75 Å². The molecule has 1 fully saturated rings. The smallest absolute Gasteiger partial charge is 0.235 e. The summed E-state index contributed by atoms with van der Waals surface area (Å²) in [6.45, 7) is 0. The van der Waals surface area contributed by atoms with Crippen LogP contribution in [0.4, 0.5) is 4.39 Å². The Balaban J connectivity index is 2.55. The van der Waals surface area contributed by atoms with Gasteiger partial charge in [0.15, 0.2) is 17.3 Å². The largest absolute Gasteiger partial charge is 0.493 e. The van der Waals surface area contributed by atoms with E-state index >= 15 is 0 Å². The third-order valence-electron chi connectivity index (χ3n) is 3.66. The molecule has 1 aromatic rings. The number of carbonyl (C=O) groups excluding carboxylic acids is 1. The van der Waals surface area contributed by atoms with Crippen molar-refractivity contribution in [3.8, 4) is 11.5 Å². The van der Waals surface area contributed by atoms with Crippen molar-refractivity contribution in [2.45, 2.75) is 31.2 Å². The van der Waals surface area contributed by atoms with E-state index in [0.29, 0.717) is 11.3 Å². The van der Waals surface area contributed by atoms with Crippen molar-refractivity contribution in [3.63, 3.8) is 0 Å². The number of benzene rings is 1. The molecule has 0 N–H and O–H groups in total. The predicted molar refractivity (Wildman–Crippen MR) is 67.8 cm³/mol. The number of aliphatic imine (C=N–C) groups is 1. The van der Waals surface area contributed by atoms with Gasteiger partial charge in [-0.1, -0.05) is 12.8 Å². The molecule has 0 atom stereocenters. The van der Waals surface area contributed by atoms with Crippen LogP contribution in [-0.2, 0) is 10.3 Å². The van der Waals surface area contributed by atoms with Crippen LogP contribution in [0.3, 0.4) is 0 Å². The number of hydrogen-bond acceptors (Lipinski definition) is 4. The zero-order valence-corrected chi connectivity index (χ0v) is 11.0. The Kier molecular flexibility index (Phi) is 3.86. The van der Waals surface area contributed by atoms with Gasteiger partial charge in [-0.15, -0.1) is 0 Å². The maximum atomic E-state index is 14.0. The fraction of sp³-hybridized carbons (Fsp3) is 0.500. The Morgan fingerprint density at radius 1 is 1.26 bits per heavy atom. The molecule has 5 heteroatoms. The molecule has 1 aliphatic carbocycles. The number of methoxy groups -OCH3 is 2. The normalized spacial score (nSPS) is 16.8. The summed E-state index contributed by atoms with van der Waals surface area (Å²) in [7, 11) is 2.83. The quantitative estimate of drug-likeness (QED) is 0.621. The van der Waals surface area contributed by atoms with Gasteiger partial charge in [-0.25, -0.2) is 9.18 Å². The third kappa shape index (κ3) is 2.34. The van der Waals surface area contributed by atoms with E-state index in [0.717, 1.165) is 25.7 Å². The van der Waals surface area contributed by atoms with Gasteiger partial charge in [0.1, 0.15) is 0 Å². The highest BCUT2D eigenvalue weighted by Gasteiger charge is 2.37. The molecular weight excluding hydrogens is 249 g/mol. The van der Waals surface area contributed by atoms with Gasteiger partial charge in [0.25, 0.3) is 0 Å². The molecule has 19 heavy (non-hydrogen) atoms. The second kappa shape index (κ2) is 5.41. The molecule has 0 aromatic heterocycles. The molecule has 4 nitrogen and oxygen atoms in total. The van der Waals surface area contributed by atoms with Crippen LogP contribution in [0, 0.1) is 5.82 Å². The van der Waals surface area contributed by atoms with Gasteiger partial charge in [0.05, 0.1) is 19.8 Å². The Morgan fingerprint density at radius 2 is 1.95 bits per heavy atom. The van der Waals surface area contributed by atoms with E-state index in [9.17, 15) is 9.18 Å². The summed E-state index contributed by atoms with van der Waals surface area (Å²) in [5.41, 5.74) is -0.0224. The minimum Gasteiger partial charge on any atom is -0.493 e. The van der Waals surface area contributed by atoms with Gasteiger partial charge in [0, 0.05) is 0 Å². The Morgan fingerprint density at radius 3 is 2.47 bits per heavy atom. The second-order valence-electron chi connectivity index (χ2n) is 4.64. The minimum atomic E-state index is -0.665. The molecule has 0 amide bonds. The van der Waals surface area contributed by atoms with Crippen molar-refractivity contribution in [1.29, 1.82) is 0 Å². The average Bonchev–Trinajstić information content (AvgIpc) is 2.88. The van der Waals surface area contributed by atoms with E-state index in [1.165, 1.54) is 20.3 Å². The van der Waals surface area contributed by atoms with Crippen molar-refractivity contribution in [2.24, 2.45) is 4.99 Å². The molecule has 0 unspecified atom stereocenters. The zero-order chi connectivity index (χ0) is 13.9. The molecule has 0 bridgehead atoms. The summed E-state index contributed by atoms with van der Waals surface area (Å²) >= 11 is 0. The van der Waals surface area contributed by atoms with Crippen molar-refractivity contribution in [2.75, 3.05) is 14.2 Å². The Bertz CT molecular complexity index is 518. The van der Waals surface area contributed by atoms with Gasteiger partial charge in [-0.2, -0.15) is 4.99 Å². The van der Waals surface area contributed by atoms with Gasteiger partial charge in [0.2, 0.25) is 6.08 Å². The maximum absolute atomic E-state index is 14.0. The maximum Gasteiger partial charge on any atom is 0.235 e. The molecule has 0 radical (unpaired) electrons. The number of hydrogen-bond donors (Lipinski definition) is 0. The van der Waals surface area contributed by atoms with Gasteiger partial charge in [-0.05, 0) is 30.5 Å². The molecule has 0 spiro atoms. The Hall–Kier alpha value is -1.87. The highest BCUT2D eigenvalue weighted by molar-refractivity contribution is 5.48. The second-order valence-corrected chi connectivity index (χ2v) is 4.64. The predicted octanol–water partition coefficient (Wildman–Crippen LogP) is 2.95. The number of ether oxygens (including phenoxy) is 2. The van der Waals surface area contributed by atoms with E-state index in [2.05, 4.69) is 4.99 Å². The van der Waals surface area contributed by atoms with Crippen LogP contribution in [0.15, 0.2) is 17.1 Å². The summed E-state index contributed by atoms with van der Waals surface area (Å²) < 4.78 is 24.1. The topological polar surface area (TPSA) is 47.9 Å². The van der Waals surface area contributed by atoms with E-state index < -0.39 is 11.4 Å². The monoisotopic (exact) mass is 265 g/mol. The van der Waals surface area contributed by atoms with Gasteiger partial charge in [-0.3, -0.25) is 0 Å². The average molecular weight is 265 g/mol. The Labute approximate surface area is 111 Å². The minimum absolute atomic E-state index is 0.0643. The van der Waals surface area contributed by atoms with Gasteiger partial charge >= 0.3 is 0 Å². The molecule has 1 aromatic carbocycles. The highest BCUT2D eigenvalue weighted by atomic mass is 19.1. The molecule has 0 heterocycles. The van der Waals surface area contributed by atoms with E-state index in [1.54, 1.807) is 12.1 Å². The molecular formula is C14H16FNO3. The van der Waals surface area contributed by atoms with Crippen LogP contribution in [-0.4, -0.2) is 20.3 Å². The lowest BCUT2D eigenvalue weighted by atomic mass is 9.88. The molecule has 2 rings (SSSR count). The number of nitrogens with zero attached hydrogens (tertiary/aromatic N) is 1. The first-order valence-electron chi connectivity index (χ1n) is 6.18. The van der Waals surface area contributed by atoms with E-state index in [4.69, 9.17) is 9.47 Å². The number of halogens is 1. The third-order valence-corrected chi connectivity index (χ3v) is 3.66. The summed E-state index contributed by atoms with van der Waals surface area (Å²) in [4.78, 5) is 14.6. The first-order valence-corrected chi connectivity index (χ1v) is 6.18. The standard InChI is InChI=1S/C14H16FNO3/c1-18-12-8-10(7-11(15)13(12)19-2)14(16-9-17)5-3-4-6-14/h7-8H,3-6H2,1-2H3.